The van der Waals surface area contributed by atoms with E-state index in [1.54, 1.807) is 5.38 Å². The van der Waals surface area contributed by atoms with E-state index in [0.717, 1.165) is 36.8 Å². The molecule has 7 heteroatoms. The minimum Gasteiger partial charge on any atom is -0.376 e. The van der Waals surface area contributed by atoms with Crippen molar-refractivity contribution in [3.8, 4) is 0 Å². The molecule has 1 unspecified atom stereocenters. The van der Waals surface area contributed by atoms with Crippen molar-refractivity contribution in [1.82, 2.24) is 15.2 Å². The third-order valence-corrected chi connectivity index (χ3v) is 5.23. The molecule has 1 atom stereocenters. The number of carbonyl (C=O) groups is 1. The molecule has 1 aliphatic heterocycles. The third-order valence-electron chi connectivity index (χ3n) is 4.32. The monoisotopic (exact) mass is 374 g/mol. The maximum Gasteiger partial charge on any atom is 0.271 e. The molecule has 0 bridgehead atoms. The minimum absolute atomic E-state index is 0.142. The summed E-state index contributed by atoms with van der Waals surface area (Å²) in [6, 6.07) is 8.36. The predicted octanol–water partition coefficient (Wildman–Crippen LogP) is 1.79. The summed E-state index contributed by atoms with van der Waals surface area (Å²) in [6.07, 6.45) is 0.994. The van der Waals surface area contributed by atoms with Crippen molar-refractivity contribution >= 4 is 17.2 Å². The van der Waals surface area contributed by atoms with Crippen LogP contribution in [0, 0.1) is 0 Å². The summed E-state index contributed by atoms with van der Waals surface area (Å²) in [5.74, 6) is -0.142. The van der Waals surface area contributed by atoms with E-state index in [-0.39, 0.29) is 12.0 Å². The molecular weight excluding hydrogens is 348 g/mol. The summed E-state index contributed by atoms with van der Waals surface area (Å²) in [4.78, 5) is 19.0. The van der Waals surface area contributed by atoms with E-state index in [4.69, 9.17) is 10.5 Å². The van der Waals surface area contributed by atoms with Gasteiger partial charge < -0.3 is 15.8 Å². The number of nitrogens with two attached hydrogens (primary N) is 1. The Hall–Kier alpha value is -1.80. The number of rotatable bonds is 7. The number of amides is 1. The molecule has 0 saturated carbocycles. The van der Waals surface area contributed by atoms with E-state index in [1.807, 2.05) is 12.1 Å². The number of ether oxygens (including phenoxy) is 1. The van der Waals surface area contributed by atoms with Crippen LogP contribution >= 0.6 is 11.3 Å². The Kier molecular flexibility index (Phi) is 6.73. The van der Waals surface area contributed by atoms with Crippen LogP contribution in [0.1, 0.15) is 33.5 Å². The highest BCUT2D eigenvalue weighted by Crippen LogP contribution is 2.13. The lowest BCUT2D eigenvalue weighted by Gasteiger charge is -2.31. The zero-order valence-electron chi connectivity index (χ0n) is 15.1. The van der Waals surface area contributed by atoms with Gasteiger partial charge in [-0.15, -0.1) is 11.3 Å². The van der Waals surface area contributed by atoms with Crippen molar-refractivity contribution in [3.05, 3.63) is 51.5 Å². The Bertz CT molecular complexity index is 734. The van der Waals surface area contributed by atoms with E-state index in [0.29, 0.717) is 25.2 Å². The average Bonchev–Trinajstić information content (AvgIpc) is 3.09. The molecule has 2 heterocycles. The summed E-state index contributed by atoms with van der Waals surface area (Å²) in [6.45, 7) is 6.76. The zero-order valence-corrected chi connectivity index (χ0v) is 15.9. The minimum atomic E-state index is -0.142. The molecule has 2 aromatic rings. The third kappa shape index (κ3) is 5.35. The van der Waals surface area contributed by atoms with Crippen LogP contribution in [0.4, 0.5) is 0 Å². The Labute approximate surface area is 158 Å². The van der Waals surface area contributed by atoms with Crippen LogP contribution in [-0.4, -0.2) is 48.1 Å². The first-order valence-electron chi connectivity index (χ1n) is 8.98. The van der Waals surface area contributed by atoms with Gasteiger partial charge in [-0.3, -0.25) is 9.69 Å². The van der Waals surface area contributed by atoms with E-state index >= 15 is 0 Å². The number of nitrogens with one attached hydrogen (secondary N) is 1. The number of carbonyl (C=O) groups excluding carboxylic acids is 1. The van der Waals surface area contributed by atoms with E-state index in [1.165, 1.54) is 16.9 Å². The largest absolute Gasteiger partial charge is 0.376 e. The first-order valence-corrected chi connectivity index (χ1v) is 9.86. The van der Waals surface area contributed by atoms with Crippen LogP contribution < -0.4 is 11.1 Å². The van der Waals surface area contributed by atoms with Crippen LogP contribution in [0.5, 0.6) is 0 Å². The SMILES string of the molecule is CC1CN(Cc2cccc(CNC(=O)c3csc(CCN)n3)c2)CCO1. The van der Waals surface area contributed by atoms with Gasteiger partial charge in [0.15, 0.2) is 0 Å². The van der Waals surface area contributed by atoms with Crippen molar-refractivity contribution in [2.24, 2.45) is 5.73 Å². The van der Waals surface area contributed by atoms with Gasteiger partial charge in [-0.2, -0.15) is 0 Å². The lowest BCUT2D eigenvalue weighted by molar-refractivity contribution is -0.0212. The summed E-state index contributed by atoms with van der Waals surface area (Å²) >= 11 is 1.48. The molecule has 6 nitrogen and oxygen atoms in total. The molecule has 3 rings (SSSR count). The molecule has 140 valence electrons. The Balaban J connectivity index is 1.53. The molecule has 0 spiro atoms. The highest BCUT2D eigenvalue weighted by Gasteiger charge is 2.16. The van der Waals surface area contributed by atoms with Gasteiger partial charge >= 0.3 is 0 Å². The fraction of sp³-hybridized carbons (Fsp3) is 0.474. The molecular formula is C19H26N4O2S. The molecule has 1 aromatic carbocycles. The molecule has 1 fully saturated rings. The van der Waals surface area contributed by atoms with Crippen molar-refractivity contribution in [2.75, 3.05) is 26.2 Å². The standard InChI is InChI=1S/C19H26N4O2S/c1-14-11-23(7-8-25-14)12-16-4-2-3-15(9-16)10-21-19(24)17-13-26-18(22-17)5-6-20/h2-4,9,13-14H,5-8,10-12,20H2,1H3,(H,21,24). The van der Waals surface area contributed by atoms with Crippen molar-refractivity contribution < 1.29 is 9.53 Å². The van der Waals surface area contributed by atoms with Gasteiger partial charge in [-0.1, -0.05) is 24.3 Å². The molecule has 0 radical (unpaired) electrons. The van der Waals surface area contributed by atoms with Crippen molar-refractivity contribution in [3.63, 3.8) is 0 Å². The van der Waals surface area contributed by atoms with Crippen molar-refractivity contribution in [1.29, 1.82) is 0 Å². The quantitative estimate of drug-likeness (QED) is 0.772. The van der Waals surface area contributed by atoms with E-state index in [2.05, 4.69) is 34.3 Å². The van der Waals surface area contributed by atoms with Crippen LogP contribution in [0.2, 0.25) is 0 Å². The maximum atomic E-state index is 12.3. The maximum absolute atomic E-state index is 12.3. The van der Waals surface area contributed by atoms with Gasteiger partial charge in [-0.25, -0.2) is 4.98 Å². The van der Waals surface area contributed by atoms with Crippen LogP contribution in [0.25, 0.3) is 0 Å². The van der Waals surface area contributed by atoms with Gasteiger partial charge in [0.05, 0.1) is 17.7 Å². The second kappa shape index (κ2) is 9.23. The molecule has 0 aliphatic carbocycles. The highest BCUT2D eigenvalue weighted by atomic mass is 32.1. The highest BCUT2D eigenvalue weighted by molar-refractivity contribution is 7.09. The van der Waals surface area contributed by atoms with E-state index < -0.39 is 0 Å². The number of thiazole rings is 1. The molecule has 1 amide bonds. The van der Waals surface area contributed by atoms with Crippen LogP contribution in [0.15, 0.2) is 29.6 Å². The number of benzene rings is 1. The number of hydrogen-bond donors (Lipinski definition) is 2. The predicted molar refractivity (Wildman–Crippen MR) is 103 cm³/mol. The second-order valence-electron chi connectivity index (χ2n) is 6.58. The number of morpholine rings is 1. The lowest BCUT2D eigenvalue weighted by Crippen LogP contribution is -2.40. The Morgan fingerprint density at radius 2 is 2.31 bits per heavy atom. The number of aromatic nitrogens is 1. The number of nitrogens with zero attached hydrogens (tertiary/aromatic N) is 2. The summed E-state index contributed by atoms with van der Waals surface area (Å²) in [5.41, 5.74) is 8.34. The van der Waals surface area contributed by atoms with Gasteiger partial charge in [-0.05, 0) is 24.6 Å². The first kappa shape index (κ1) is 19.0. The molecule has 1 saturated heterocycles. The fourth-order valence-electron chi connectivity index (χ4n) is 3.06. The smallest absolute Gasteiger partial charge is 0.271 e. The molecule has 26 heavy (non-hydrogen) atoms. The summed E-state index contributed by atoms with van der Waals surface area (Å²) < 4.78 is 5.59. The summed E-state index contributed by atoms with van der Waals surface area (Å²) in [7, 11) is 0. The van der Waals surface area contributed by atoms with E-state index in [9.17, 15) is 4.79 Å². The number of hydrogen-bond acceptors (Lipinski definition) is 6. The first-order chi connectivity index (χ1) is 12.6. The molecule has 1 aliphatic rings. The second-order valence-corrected chi connectivity index (χ2v) is 7.53. The molecule has 1 aromatic heterocycles. The average molecular weight is 375 g/mol. The fourth-order valence-corrected chi connectivity index (χ4v) is 3.85. The van der Waals surface area contributed by atoms with Gasteiger partial charge in [0, 0.05) is 38.0 Å². The van der Waals surface area contributed by atoms with Gasteiger partial charge in [0.1, 0.15) is 5.69 Å². The lowest BCUT2D eigenvalue weighted by atomic mass is 10.1. The summed E-state index contributed by atoms with van der Waals surface area (Å²) in [5, 5.41) is 5.64. The van der Waals surface area contributed by atoms with Crippen molar-refractivity contribution in [2.45, 2.75) is 32.5 Å². The Morgan fingerprint density at radius 3 is 3.12 bits per heavy atom. The normalized spacial score (nSPS) is 18.0. The zero-order chi connectivity index (χ0) is 18.4. The van der Waals surface area contributed by atoms with Crippen LogP contribution in [-0.2, 0) is 24.2 Å². The molecule has 3 N–H and O–H groups in total. The Morgan fingerprint density at radius 1 is 1.46 bits per heavy atom. The van der Waals surface area contributed by atoms with Gasteiger partial charge in [0.25, 0.3) is 5.91 Å². The topological polar surface area (TPSA) is 80.5 Å². The van der Waals surface area contributed by atoms with Gasteiger partial charge in [0.2, 0.25) is 0 Å². The van der Waals surface area contributed by atoms with Crippen LogP contribution in [0.3, 0.4) is 0 Å².